The van der Waals surface area contributed by atoms with Crippen LogP contribution >= 0.6 is 0 Å². The van der Waals surface area contributed by atoms with Gasteiger partial charge in [-0.1, -0.05) is 30.3 Å². The highest BCUT2D eigenvalue weighted by molar-refractivity contribution is 5.51. The number of benzene rings is 1. The molecule has 1 N–H and O–H groups in total. The second-order valence-electron chi connectivity index (χ2n) is 4.79. The molecule has 0 bridgehead atoms. The van der Waals surface area contributed by atoms with Crippen molar-refractivity contribution in [1.82, 2.24) is 4.98 Å². The molecule has 3 heteroatoms. The predicted molar refractivity (Wildman–Crippen MR) is 78.5 cm³/mol. The van der Waals surface area contributed by atoms with Gasteiger partial charge in [0.05, 0.1) is 12.1 Å². The van der Waals surface area contributed by atoms with Crippen molar-refractivity contribution < 1.29 is 4.74 Å². The lowest BCUT2D eigenvalue weighted by Gasteiger charge is -2.18. The first-order valence-corrected chi connectivity index (χ1v) is 6.60. The maximum absolute atomic E-state index is 5.76. The lowest BCUT2D eigenvalue weighted by molar-refractivity contribution is 0.242. The minimum Gasteiger partial charge on any atom is -0.487 e. The van der Waals surface area contributed by atoms with Crippen LogP contribution in [0.3, 0.4) is 0 Å². The van der Waals surface area contributed by atoms with E-state index in [2.05, 4.69) is 29.4 Å². The number of rotatable bonds is 5. The van der Waals surface area contributed by atoms with Gasteiger partial charge < -0.3 is 10.1 Å². The van der Waals surface area contributed by atoms with E-state index in [0.29, 0.717) is 0 Å². The summed E-state index contributed by atoms with van der Waals surface area (Å²) in [7, 11) is 0. The molecule has 19 heavy (non-hydrogen) atoms. The highest BCUT2D eigenvalue weighted by Crippen LogP contribution is 2.26. The maximum atomic E-state index is 5.76. The van der Waals surface area contributed by atoms with Gasteiger partial charge in [-0.3, -0.25) is 0 Å². The summed E-state index contributed by atoms with van der Waals surface area (Å²) in [4.78, 5) is 4.36. The first-order chi connectivity index (χ1) is 9.16. The van der Waals surface area contributed by atoms with Gasteiger partial charge >= 0.3 is 0 Å². The molecule has 1 heterocycles. The average molecular weight is 256 g/mol. The largest absolute Gasteiger partial charge is 0.487 e. The Hall–Kier alpha value is -2.03. The zero-order chi connectivity index (χ0) is 13.7. The van der Waals surface area contributed by atoms with Crippen LogP contribution in [0.25, 0.3) is 0 Å². The molecule has 1 atom stereocenters. The third-order valence-corrected chi connectivity index (χ3v) is 2.79. The monoisotopic (exact) mass is 256 g/mol. The van der Waals surface area contributed by atoms with E-state index in [9.17, 15) is 0 Å². The Morgan fingerprint density at radius 2 is 1.74 bits per heavy atom. The molecule has 0 radical (unpaired) electrons. The second-order valence-corrected chi connectivity index (χ2v) is 4.79. The predicted octanol–water partition coefficient (Wildman–Crippen LogP) is 4.04. The summed E-state index contributed by atoms with van der Waals surface area (Å²) in [6, 6.07) is 14.3. The van der Waals surface area contributed by atoms with Gasteiger partial charge in [-0.15, -0.1) is 0 Å². The van der Waals surface area contributed by atoms with Gasteiger partial charge in [0.1, 0.15) is 0 Å². The standard InChI is InChI=1S/C16H20N2O/c1-12(2)19-15-10-7-11-17-16(15)18-13(3)14-8-5-4-6-9-14/h4-13H,1-3H3,(H,17,18). The molecule has 0 amide bonds. The quantitative estimate of drug-likeness (QED) is 0.876. The number of hydrogen-bond acceptors (Lipinski definition) is 3. The van der Waals surface area contributed by atoms with Gasteiger partial charge in [0.15, 0.2) is 11.6 Å². The average Bonchev–Trinajstić information content (AvgIpc) is 2.41. The fraction of sp³-hybridized carbons (Fsp3) is 0.312. The van der Waals surface area contributed by atoms with Crippen LogP contribution in [0.1, 0.15) is 32.4 Å². The highest BCUT2D eigenvalue weighted by Gasteiger charge is 2.10. The number of ether oxygens (including phenoxy) is 1. The molecular weight excluding hydrogens is 236 g/mol. The van der Waals surface area contributed by atoms with Crippen LogP contribution in [0.4, 0.5) is 5.82 Å². The number of nitrogens with one attached hydrogen (secondary N) is 1. The van der Waals surface area contributed by atoms with E-state index in [1.807, 2.05) is 44.2 Å². The number of pyridine rings is 1. The second kappa shape index (κ2) is 6.23. The van der Waals surface area contributed by atoms with Crippen LogP contribution < -0.4 is 10.1 Å². The molecule has 2 rings (SSSR count). The van der Waals surface area contributed by atoms with Crippen LogP contribution in [-0.2, 0) is 0 Å². The topological polar surface area (TPSA) is 34.1 Å². The Balaban J connectivity index is 2.15. The Labute approximate surface area is 114 Å². The van der Waals surface area contributed by atoms with Gasteiger partial charge in [-0.2, -0.15) is 0 Å². The number of hydrogen-bond donors (Lipinski definition) is 1. The van der Waals surface area contributed by atoms with Crippen molar-refractivity contribution in [3.63, 3.8) is 0 Å². The molecule has 1 unspecified atom stereocenters. The Morgan fingerprint density at radius 3 is 2.42 bits per heavy atom. The fourth-order valence-corrected chi connectivity index (χ4v) is 1.88. The molecule has 0 spiro atoms. The number of aromatic nitrogens is 1. The lowest BCUT2D eigenvalue weighted by atomic mass is 10.1. The van der Waals surface area contributed by atoms with Crippen molar-refractivity contribution in [3.8, 4) is 5.75 Å². The third kappa shape index (κ3) is 3.71. The maximum Gasteiger partial charge on any atom is 0.169 e. The van der Waals surface area contributed by atoms with Gasteiger partial charge in [0.2, 0.25) is 0 Å². The summed E-state index contributed by atoms with van der Waals surface area (Å²) in [6.45, 7) is 6.14. The summed E-state index contributed by atoms with van der Waals surface area (Å²) in [5.41, 5.74) is 1.23. The van der Waals surface area contributed by atoms with Gasteiger partial charge in [0.25, 0.3) is 0 Å². The molecule has 2 aromatic rings. The molecule has 0 fully saturated rings. The summed E-state index contributed by atoms with van der Waals surface area (Å²) in [6.07, 6.45) is 1.91. The first-order valence-electron chi connectivity index (χ1n) is 6.60. The minimum atomic E-state index is 0.136. The Bertz CT molecular complexity index is 511. The lowest BCUT2D eigenvalue weighted by Crippen LogP contribution is -2.12. The van der Waals surface area contributed by atoms with Crippen molar-refractivity contribution in [1.29, 1.82) is 0 Å². The van der Waals surface area contributed by atoms with Crippen LogP contribution in [0, 0.1) is 0 Å². The van der Waals surface area contributed by atoms with Crippen molar-refractivity contribution in [2.24, 2.45) is 0 Å². The third-order valence-electron chi connectivity index (χ3n) is 2.79. The summed E-state index contributed by atoms with van der Waals surface area (Å²) in [5.74, 6) is 1.58. The van der Waals surface area contributed by atoms with E-state index in [0.717, 1.165) is 11.6 Å². The van der Waals surface area contributed by atoms with E-state index in [1.165, 1.54) is 5.56 Å². The van der Waals surface area contributed by atoms with E-state index in [4.69, 9.17) is 4.74 Å². The highest BCUT2D eigenvalue weighted by atomic mass is 16.5. The van der Waals surface area contributed by atoms with Crippen LogP contribution in [0.15, 0.2) is 48.7 Å². The molecule has 0 saturated carbocycles. The SMILES string of the molecule is CC(C)Oc1cccnc1NC(C)c1ccccc1. The molecule has 0 saturated heterocycles. The molecule has 1 aromatic heterocycles. The summed E-state index contributed by atoms with van der Waals surface area (Å²) >= 11 is 0. The fourth-order valence-electron chi connectivity index (χ4n) is 1.88. The molecule has 0 aliphatic carbocycles. The summed E-state index contributed by atoms with van der Waals surface area (Å²) in [5, 5.41) is 3.40. The number of anilines is 1. The normalized spacial score (nSPS) is 12.2. The van der Waals surface area contributed by atoms with Crippen LogP contribution in [0.2, 0.25) is 0 Å². The van der Waals surface area contributed by atoms with Crippen molar-refractivity contribution >= 4 is 5.82 Å². The van der Waals surface area contributed by atoms with E-state index in [1.54, 1.807) is 6.20 Å². The zero-order valence-corrected chi connectivity index (χ0v) is 11.6. The molecule has 0 aliphatic rings. The number of nitrogens with zero attached hydrogens (tertiary/aromatic N) is 1. The zero-order valence-electron chi connectivity index (χ0n) is 11.6. The molecular formula is C16H20N2O. The molecule has 3 nitrogen and oxygen atoms in total. The van der Waals surface area contributed by atoms with Crippen LogP contribution in [0.5, 0.6) is 5.75 Å². The Kier molecular flexibility index (Phi) is 4.39. The molecule has 0 aliphatic heterocycles. The van der Waals surface area contributed by atoms with Gasteiger partial charge in [0, 0.05) is 6.20 Å². The van der Waals surface area contributed by atoms with Crippen molar-refractivity contribution in [3.05, 3.63) is 54.2 Å². The molecule has 1 aromatic carbocycles. The van der Waals surface area contributed by atoms with Gasteiger partial charge in [-0.05, 0) is 38.5 Å². The smallest absolute Gasteiger partial charge is 0.169 e. The van der Waals surface area contributed by atoms with Gasteiger partial charge in [-0.25, -0.2) is 4.98 Å². The minimum absolute atomic E-state index is 0.136. The van der Waals surface area contributed by atoms with Crippen molar-refractivity contribution in [2.75, 3.05) is 5.32 Å². The van der Waals surface area contributed by atoms with E-state index >= 15 is 0 Å². The summed E-state index contributed by atoms with van der Waals surface area (Å²) < 4.78 is 5.76. The van der Waals surface area contributed by atoms with E-state index < -0.39 is 0 Å². The molecule has 100 valence electrons. The van der Waals surface area contributed by atoms with Crippen molar-refractivity contribution in [2.45, 2.75) is 32.9 Å². The van der Waals surface area contributed by atoms with Crippen LogP contribution in [-0.4, -0.2) is 11.1 Å². The van der Waals surface area contributed by atoms with E-state index in [-0.39, 0.29) is 12.1 Å². The first kappa shape index (κ1) is 13.4. The Morgan fingerprint density at radius 1 is 1.00 bits per heavy atom.